The Bertz CT molecular complexity index is 2770. The molecule has 0 spiro atoms. The summed E-state index contributed by atoms with van der Waals surface area (Å²) in [6, 6.07) is 47.9. The van der Waals surface area contributed by atoms with Crippen molar-refractivity contribution in [3.63, 3.8) is 0 Å². The Labute approximate surface area is 257 Å². The lowest BCUT2D eigenvalue weighted by Crippen LogP contribution is -1.93. The van der Waals surface area contributed by atoms with E-state index in [1.807, 2.05) is 6.07 Å². The molecular weight excluding hydrogens is 552 g/mol. The fourth-order valence-electron chi connectivity index (χ4n) is 7.08. The molecular formula is C40H24N4O. The topological polar surface area (TPSA) is 48.8 Å². The molecule has 4 heterocycles. The van der Waals surface area contributed by atoms with Gasteiger partial charge < -0.3 is 13.6 Å². The number of nitrogens with zero attached hydrogens (tertiary/aromatic N) is 4. The summed E-state index contributed by atoms with van der Waals surface area (Å²) in [7, 11) is 0. The van der Waals surface area contributed by atoms with E-state index in [0.29, 0.717) is 5.58 Å². The first kappa shape index (κ1) is 24.3. The van der Waals surface area contributed by atoms with Crippen molar-refractivity contribution in [2.24, 2.45) is 0 Å². The summed E-state index contributed by atoms with van der Waals surface area (Å²) in [5.41, 5.74) is 11.7. The Morgan fingerprint density at radius 2 is 1.04 bits per heavy atom. The van der Waals surface area contributed by atoms with Crippen LogP contribution in [0.15, 0.2) is 150 Å². The first-order valence-corrected chi connectivity index (χ1v) is 15.1. The maximum Gasteiger partial charge on any atom is 0.172 e. The normalized spacial score (nSPS) is 12.0. The summed E-state index contributed by atoms with van der Waals surface area (Å²) in [5, 5.41) is 5.92. The molecule has 210 valence electrons. The molecule has 0 bridgehead atoms. The van der Waals surface area contributed by atoms with Crippen molar-refractivity contribution in [3.05, 3.63) is 146 Å². The third-order valence-electron chi connectivity index (χ3n) is 9.07. The first-order chi connectivity index (χ1) is 22.3. The zero-order chi connectivity index (χ0) is 29.5. The Morgan fingerprint density at radius 3 is 1.73 bits per heavy atom. The fraction of sp³-hybridized carbons (Fsp3) is 0. The van der Waals surface area contributed by atoms with Gasteiger partial charge in [0.15, 0.2) is 5.58 Å². The summed E-state index contributed by atoms with van der Waals surface area (Å²) in [5.74, 6) is 0. The molecule has 0 N–H and O–H groups in total. The highest BCUT2D eigenvalue weighted by molar-refractivity contribution is 6.13. The summed E-state index contributed by atoms with van der Waals surface area (Å²) in [6.45, 7) is 0. The third-order valence-corrected chi connectivity index (χ3v) is 9.07. The fourth-order valence-corrected chi connectivity index (χ4v) is 7.08. The van der Waals surface area contributed by atoms with E-state index in [1.54, 1.807) is 12.5 Å². The van der Waals surface area contributed by atoms with Crippen molar-refractivity contribution in [2.45, 2.75) is 0 Å². The number of aromatic nitrogens is 4. The predicted molar refractivity (Wildman–Crippen MR) is 183 cm³/mol. The van der Waals surface area contributed by atoms with Gasteiger partial charge in [-0.1, -0.05) is 66.7 Å². The lowest BCUT2D eigenvalue weighted by molar-refractivity contribution is 0.665. The average Bonchev–Trinajstić information content (AvgIpc) is 3.75. The standard InChI is InChI=1S/C40H24N4O/c1-2-8-27(9-3-1)43-34-12-6-4-10-29(34)31-20-25(14-17-36(31)43)26-15-18-37-32(21-26)30-11-5-7-13-35(30)44(37)28-16-19-38-33(22-28)40-39(45-38)23-41-24-42-40/h1-24H. The molecule has 0 aliphatic carbocycles. The number of para-hydroxylation sites is 3. The van der Waals surface area contributed by atoms with E-state index in [9.17, 15) is 0 Å². The van der Waals surface area contributed by atoms with Crippen molar-refractivity contribution in [2.75, 3.05) is 0 Å². The van der Waals surface area contributed by atoms with Gasteiger partial charge in [0.1, 0.15) is 17.4 Å². The van der Waals surface area contributed by atoms with Gasteiger partial charge in [-0.15, -0.1) is 0 Å². The molecule has 6 aromatic carbocycles. The molecule has 5 nitrogen and oxygen atoms in total. The summed E-state index contributed by atoms with van der Waals surface area (Å²) < 4.78 is 10.7. The average molecular weight is 577 g/mol. The summed E-state index contributed by atoms with van der Waals surface area (Å²) in [6.07, 6.45) is 3.30. The number of hydrogen-bond donors (Lipinski definition) is 0. The van der Waals surface area contributed by atoms with E-state index in [-0.39, 0.29) is 0 Å². The van der Waals surface area contributed by atoms with Crippen LogP contribution in [0, 0.1) is 0 Å². The van der Waals surface area contributed by atoms with E-state index >= 15 is 0 Å². The van der Waals surface area contributed by atoms with Gasteiger partial charge >= 0.3 is 0 Å². The lowest BCUT2D eigenvalue weighted by atomic mass is 10.0. The van der Waals surface area contributed by atoms with Crippen LogP contribution in [0.5, 0.6) is 0 Å². The van der Waals surface area contributed by atoms with Crippen LogP contribution >= 0.6 is 0 Å². The maximum absolute atomic E-state index is 6.01. The molecule has 0 saturated heterocycles. The van der Waals surface area contributed by atoms with E-state index in [0.717, 1.165) is 33.2 Å². The van der Waals surface area contributed by atoms with Crippen molar-refractivity contribution >= 4 is 65.7 Å². The van der Waals surface area contributed by atoms with Gasteiger partial charge in [0, 0.05) is 38.3 Å². The van der Waals surface area contributed by atoms with Crippen LogP contribution in [0.25, 0.3) is 88.2 Å². The monoisotopic (exact) mass is 576 g/mol. The minimum absolute atomic E-state index is 0.695. The van der Waals surface area contributed by atoms with Gasteiger partial charge in [0.05, 0.1) is 28.3 Å². The molecule has 0 atom stereocenters. The van der Waals surface area contributed by atoms with E-state index in [1.165, 1.54) is 49.4 Å². The second-order valence-electron chi connectivity index (χ2n) is 11.5. The van der Waals surface area contributed by atoms with Crippen molar-refractivity contribution < 1.29 is 4.42 Å². The van der Waals surface area contributed by atoms with Crippen LogP contribution in [0.4, 0.5) is 0 Å². The highest BCUT2D eigenvalue weighted by Crippen LogP contribution is 2.39. The minimum Gasteiger partial charge on any atom is -0.453 e. The van der Waals surface area contributed by atoms with Crippen molar-refractivity contribution in [1.29, 1.82) is 0 Å². The second kappa shape index (κ2) is 9.15. The van der Waals surface area contributed by atoms with Gasteiger partial charge in [-0.3, -0.25) is 0 Å². The zero-order valence-electron chi connectivity index (χ0n) is 24.1. The Kier molecular flexibility index (Phi) is 4.93. The molecule has 45 heavy (non-hydrogen) atoms. The van der Waals surface area contributed by atoms with Crippen LogP contribution in [0.2, 0.25) is 0 Å². The predicted octanol–water partition coefficient (Wildman–Crippen LogP) is 10.2. The molecule has 5 heteroatoms. The Morgan fingerprint density at radius 1 is 0.444 bits per heavy atom. The number of rotatable bonds is 3. The molecule has 0 unspecified atom stereocenters. The van der Waals surface area contributed by atoms with Crippen LogP contribution in [0.1, 0.15) is 0 Å². The molecule has 0 radical (unpaired) electrons. The summed E-state index contributed by atoms with van der Waals surface area (Å²) >= 11 is 0. The Hall–Kier alpha value is -6.20. The SMILES string of the molecule is c1ccc(-n2c3ccccc3c3cc(-c4ccc5c(c4)c4ccccc4n5-c4ccc5oc6cncnc6c5c4)ccc32)cc1. The third kappa shape index (κ3) is 3.49. The Balaban J connectivity index is 1.18. The smallest absolute Gasteiger partial charge is 0.172 e. The quantitative estimate of drug-likeness (QED) is 0.210. The molecule has 10 rings (SSSR count). The molecule has 0 saturated carbocycles. The van der Waals surface area contributed by atoms with Gasteiger partial charge in [-0.25, -0.2) is 9.97 Å². The van der Waals surface area contributed by atoms with Gasteiger partial charge in [-0.2, -0.15) is 0 Å². The zero-order valence-corrected chi connectivity index (χ0v) is 24.1. The van der Waals surface area contributed by atoms with Crippen LogP contribution < -0.4 is 0 Å². The molecule has 0 aliphatic heterocycles. The van der Waals surface area contributed by atoms with Crippen LogP contribution in [-0.2, 0) is 0 Å². The maximum atomic E-state index is 6.01. The van der Waals surface area contributed by atoms with Gasteiger partial charge in [0.25, 0.3) is 0 Å². The largest absolute Gasteiger partial charge is 0.453 e. The molecule has 0 amide bonds. The molecule has 0 fully saturated rings. The van der Waals surface area contributed by atoms with Gasteiger partial charge in [-0.05, 0) is 77.9 Å². The summed E-state index contributed by atoms with van der Waals surface area (Å²) in [4.78, 5) is 8.64. The highest BCUT2D eigenvalue weighted by Gasteiger charge is 2.17. The van der Waals surface area contributed by atoms with Gasteiger partial charge in [0.2, 0.25) is 0 Å². The highest BCUT2D eigenvalue weighted by atomic mass is 16.3. The number of furan rings is 1. The number of benzene rings is 6. The minimum atomic E-state index is 0.695. The molecule has 4 aromatic heterocycles. The van der Waals surface area contributed by atoms with Crippen LogP contribution in [-0.4, -0.2) is 19.1 Å². The van der Waals surface area contributed by atoms with E-state index < -0.39 is 0 Å². The second-order valence-corrected chi connectivity index (χ2v) is 11.5. The van der Waals surface area contributed by atoms with E-state index in [2.05, 4.69) is 146 Å². The number of hydrogen-bond acceptors (Lipinski definition) is 3. The lowest BCUT2D eigenvalue weighted by Gasteiger charge is -2.09. The first-order valence-electron chi connectivity index (χ1n) is 15.1. The van der Waals surface area contributed by atoms with Crippen molar-refractivity contribution in [1.82, 2.24) is 19.1 Å². The van der Waals surface area contributed by atoms with E-state index in [4.69, 9.17) is 4.42 Å². The van der Waals surface area contributed by atoms with Crippen LogP contribution in [0.3, 0.4) is 0 Å². The number of fused-ring (bicyclic) bond motifs is 9. The van der Waals surface area contributed by atoms with Crippen molar-refractivity contribution in [3.8, 4) is 22.5 Å². The molecule has 10 aromatic rings. The molecule has 0 aliphatic rings.